The van der Waals surface area contributed by atoms with Crippen LogP contribution >= 0.6 is 0 Å². The van der Waals surface area contributed by atoms with Gasteiger partial charge >= 0.3 is 0 Å². The lowest BCUT2D eigenvalue weighted by Crippen LogP contribution is -2.28. The number of carbonyl (C=O) groups excluding carboxylic acids is 1. The fourth-order valence-electron chi connectivity index (χ4n) is 3.89. The van der Waals surface area contributed by atoms with E-state index in [1.807, 2.05) is 45.9 Å². The molecular weight excluding hydrogens is 418 g/mol. The van der Waals surface area contributed by atoms with Gasteiger partial charge in [-0.25, -0.2) is 0 Å². The zero-order valence-electron chi connectivity index (χ0n) is 19.4. The van der Waals surface area contributed by atoms with Crippen molar-refractivity contribution < 1.29 is 19.1 Å². The van der Waals surface area contributed by atoms with E-state index < -0.39 is 5.60 Å². The van der Waals surface area contributed by atoms with E-state index in [9.17, 15) is 14.7 Å². The Kier molecular flexibility index (Phi) is 5.62. The first-order valence-electron chi connectivity index (χ1n) is 10.8. The molecule has 0 unspecified atom stereocenters. The first-order chi connectivity index (χ1) is 15.6. The molecule has 0 aliphatic carbocycles. The molecule has 2 aromatic carbocycles. The van der Waals surface area contributed by atoms with Crippen molar-refractivity contribution in [2.45, 2.75) is 46.6 Å². The number of allylic oxidation sites excluding steroid dienone is 2. The maximum Gasteiger partial charge on any atom is 0.221 e. The fraction of sp³-hybridized carbons (Fsp3) is 0.259. The summed E-state index contributed by atoms with van der Waals surface area (Å²) in [6.45, 7) is 9.25. The standard InChI is InChI=1S/C27H27NO5/c1-15(2)6-11-19-23(30)22-24(31)21(17-7-9-18(10-8-17)28-16(3)29)14-32-26(22)20-12-13-27(4,5)33-25(19)20/h6-10,12-14,30H,11H2,1-5H3,(H,28,29). The normalized spacial score (nSPS) is 13.8. The Labute approximate surface area is 192 Å². The number of amides is 1. The molecule has 1 aromatic heterocycles. The number of anilines is 1. The van der Waals surface area contributed by atoms with E-state index in [1.54, 1.807) is 24.3 Å². The monoisotopic (exact) mass is 445 g/mol. The molecule has 4 rings (SSSR count). The first kappa shape index (κ1) is 22.4. The van der Waals surface area contributed by atoms with Crippen LogP contribution in [0, 0.1) is 0 Å². The van der Waals surface area contributed by atoms with Crippen molar-refractivity contribution in [1.82, 2.24) is 0 Å². The van der Waals surface area contributed by atoms with Crippen LogP contribution in [0.3, 0.4) is 0 Å². The molecule has 2 heterocycles. The first-order valence-corrected chi connectivity index (χ1v) is 10.8. The van der Waals surface area contributed by atoms with Gasteiger partial charge in [-0.15, -0.1) is 0 Å². The Morgan fingerprint density at radius 3 is 2.48 bits per heavy atom. The minimum absolute atomic E-state index is 0.127. The van der Waals surface area contributed by atoms with Crippen molar-refractivity contribution in [2.75, 3.05) is 5.32 Å². The van der Waals surface area contributed by atoms with Gasteiger partial charge in [-0.1, -0.05) is 23.8 Å². The van der Waals surface area contributed by atoms with Crippen LogP contribution in [0.5, 0.6) is 11.5 Å². The average molecular weight is 446 g/mol. The maximum absolute atomic E-state index is 13.5. The Hall–Kier alpha value is -3.80. The second-order valence-corrected chi connectivity index (χ2v) is 9.04. The molecular formula is C27H27NO5. The summed E-state index contributed by atoms with van der Waals surface area (Å²) >= 11 is 0. The van der Waals surface area contributed by atoms with E-state index in [-0.39, 0.29) is 22.5 Å². The van der Waals surface area contributed by atoms with Gasteiger partial charge in [0.1, 0.15) is 28.7 Å². The summed E-state index contributed by atoms with van der Waals surface area (Å²) in [6, 6.07) is 6.89. The molecule has 1 amide bonds. The number of phenolic OH excluding ortho intramolecular Hbond substituents is 1. The van der Waals surface area contributed by atoms with Gasteiger partial charge in [-0.05, 0) is 64.0 Å². The number of fused-ring (bicyclic) bond motifs is 3. The summed E-state index contributed by atoms with van der Waals surface area (Å²) < 4.78 is 12.1. The van der Waals surface area contributed by atoms with Crippen LogP contribution < -0.4 is 15.5 Å². The number of benzene rings is 2. The van der Waals surface area contributed by atoms with E-state index in [0.717, 1.165) is 5.57 Å². The molecule has 1 aliphatic heterocycles. The third-order valence-corrected chi connectivity index (χ3v) is 5.53. The minimum Gasteiger partial charge on any atom is -0.507 e. The zero-order chi connectivity index (χ0) is 23.9. The quantitative estimate of drug-likeness (QED) is 0.494. The van der Waals surface area contributed by atoms with Crippen LogP contribution in [0.25, 0.3) is 28.2 Å². The van der Waals surface area contributed by atoms with E-state index in [2.05, 4.69) is 5.32 Å². The van der Waals surface area contributed by atoms with Crippen LogP contribution in [0.2, 0.25) is 0 Å². The smallest absolute Gasteiger partial charge is 0.221 e. The summed E-state index contributed by atoms with van der Waals surface area (Å²) in [5.41, 5.74) is 3.26. The highest BCUT2D eigenvalue weighted by Gasteiger charge is 2.30. The SMILES string of the molecule is CC(=O)Nc1ccc(-c2coc3c4c(c(CC=C(C)C)c(O)c3c2=O)OC(C)(C)C=C4)cc1. The summed E-state index contributed by atoms with van der Waals surface area (Å²) in [6.07, 6.45) is 7.61. The van der Waals surface area contributed by atoms with Gasteiger partial charge in [-0.3, -0.25) is 9.59 Å². The van der Waals surface area contributed by atoms with E-state index >= 15 is 0 Å². The van der Waals surface area contributed by atoms with Crippen molar-refractivity contribution in [3.63, 3.8) is 0 Å². The van der Waals surface area contributed by atoms with Crippen molar-refractivity contribution in [1.29, 1.82) is 0 Å². The third-order valence-electron chi connectivity index (χ3n) is 5.53. The minimum atomic E-state index is -0.553. The number of nitrogens with one attached hydrogen (secondary N) is 1. The Bertz CT molecular complexity index is 1370. The number of aromatic hydroxyl groups is 1. The highest BCUT2D eigenvalue weighted by atomic mass is 16.5. The van der Waals surface area contributed by atoms with Gasteiger partial charge in [0.15, 0.2) is 5.58 Å². The molecule has 6 nitrogen and oxygen atoms in total. The lowest BCUT2D eigenvalue weighted by molar-refractivity contribution is -0.114. The summed E-state index contributed by atoms with van der Waals surface area (Å²) in [5.74, 6) is 0.225. The number of carbonyl (C=O) groups is 1. The van der Waals surface area contributed by atoms with Gasteiger partial charge in [0, 0.05) is 18.2 Å². The van der Waals surface area contributed by atoms with Crippen LogP contribution in [-0.2, 0) is 11.2 Å². The lowest BCUT2D eigenvalue weighted by Gasteiger charge is -2.30. The second-order valence-electron chi connectivity index (χ2n) is 9.04. The van der Waals surface area contributed by atoms with Crippen LogP contribution in [-0.4, -0.2) is 16.6 Å². The van der Waals surface area contributed by atoms with E-state index in [4.69, 9.17) is 9.15 Å². The number of hydrogen-bond acceptors (Lipinski definition) is 5. The highest BCUT2D eigenvalue weighted by molar-refractivity contribution is 5.97. The average Bonchev–Trinajstić information content (AvgIpc) is 2.73. The molecule has 0 saturated carbocycles. The van der Waals surface area contributed by atoms with E-state index in [0.29, 0.717) is 45.7 Å². The molecule has 0 atom stereocenters. The fourth-order valence-corrected chi connectivity index (χ4v) is 3.89. The van der Waals surface area contributed by atoms with Crippen LogP contribution in [0.1, 0.15) is 45.7 Å². The lowest BCUT2D eigenvalue weighted by atomic mass is 9.93. The molecule has 2 N–H and O–H groups in total. The molecule has 1 aliphatic rings. The number of rotatable bonds is 4. The summed E-state index contributed by atoms with van der Waals surface area (Å²) in [7, 11) is 0. The molecule has 170 valence electrons. The summed E-state index contributed by atoms with van der Waals surface area (Å²) in [4.78, 5) is 24.8. The molecule has 0 spiro atoms. The van der Waals surface area contributed by atoms with E-state index in [1.165, 1.54) is 13.2 Å². The molecule has 0 bridgehead atoms. The van der Waals surface area contributed by atoms with Crippen LogP contribution in [0.4, 0.5) is 5.69 Å². The van der Waals surface area contributed by atoms with Crippen molar-refractivity contribution >= 4 is 28.6 Å². The molecule has 6 heteroatoms. The number of ether oxygens (including phenoxy) is 1. The maximum atomic E-state index is 13.5. The van der Waals surface area contributed by atoms with Gasteiger partial charge in [0.2, 0.25) is 11.3 Å². The van der Waals surface area contributed by atoms with Gasteiger partial charge in [0.25, 0.3) is 0 Å². The zero-order valence-corrected chi connectivity index (χ0v) is 19.4. The van der Waals surface area contributed by atoms with Gasteiger partial charge < -0.3 is 19.6 Å². The predicted molar refractivity (Wildman–Crippen MR) is 131 cm³/mol. The summed E-state index contributed by atoms with van der Waals surface area (Å²) in [5, 5.41) is 14.1. The number of phenols is 1. The Morgan fingerprint density at radius 1 is 1.15 bits per heavy atom. The Balaban J connectivity index is 1.94. The largest absolute Gasteiger partial charge is 0.507 e. The van der Waals surface area contributed by atoms with Crippen LogP contribution in [0.15, 0.2) is 57.5 Å². The number of hydrogen-bond donors (Lipinski definition) is 2. The van der Waals surface area contributed by atoms with Crippen molar-refractivity contribution in [3.8, 4) is 22.6 Å². The molecule has 0 saturated heterocycles. The Morgan fingerprint density at radius 2 is 1.85 bits per heavy atom. The highest BCUT2D eigenvalue weighted by Crippen LogP contribution is 2.44. The molecule has 0 radical (unpaired) electrons. The molecule has 3 aromatic rings. The topological polar surface area (TPSA) is 88.8 Å². The second kappa shape index (κ2) is 8.28. The van der Waals surface area contributed by atoms with Crippen molar-refractivity contribution in [2.24, 2.45) is 0 Å². The van der Waals surface area contributed by atoms with Gasteiger partial charge in [0.05, 0.1) is 11.1 Å². The molecule has 0 fully saturated rings. The predicted octanol–water partition coefficient (Wildman–Crippen LogP) is 5.82. The van der Waals surface area contributed by atoms with Gasteiger partial charge in [-0.2, -0.15) is 0 Å². The molecule has 33 heavy (non-hydrogen) atoms. The third kappa shape index (κ3) is 4.29. The van der Waals surface area contributed by atoms with Crippen molar-refractivity contribution in [3.05, 3.63) is 69.6 Å².